The number of benzene rings is 1. The highest BCUT2D eigenvalue weighted by molar-refractivity contribution is 6.30. The standard InChI is InChI=1S/C25H25ClFN7/c1-16-10-22(29-12-20(16)27)32-8-4-17(5-9-32)24-31-30-23-14-33(25(15-28)6-7-25)13-18-11-19(26)2-3-21(18)34(23)24/h2-3,10-12,17H,4-9,13-14H2,1H3. The first kappa shape index (κ1) is 21.5. The van der Waals surface area contributed by atoms with Crippen molar-refractivity contribution in [2.45, 2.75) is 57.2 Å². The molecule has 0 unspecified atom stereocenters. The van der Waals surface area contributed by atoms with Gasteiger partial charge < -0.3 is 4.90 Å². The smallest absolute Gasteiger partial charge is 0.151 e. The maximum atomic E-state index is 13.7. The molecule has 2 fully saturated rings. The average molecular weight is 478 g/mol. The average Bonchev–Trinajstić information content (AvgIpc) is 3.57. The van der Waals surface area contributed by atoms with Gasteiger partial charge >= 0.3 is 0 Å². The summed E-state index contributed by atoms with van der Waals surface area (Å²) < 4.78 is 15.8. The summed E-state index contributed by atoms with van der Waals surface area (Å²) in [4.78, 5) is 8.73. The normalized spacial score (nSPS) is 19.8. The van der Waals surface area contributed by atoms with Crippen LogP contribution in [0.5, 0.6) is 0 Å². The molecule has 34 heavy (non-hydrogen) atoms. The second-order valence-electron chi connectivity index (χ2n) is 9.64. The van der Waals surface area contributed by atoms with Gasteiger partial charge in [0, 0.05) is 30.6 Å². The van der Waals surface area contributed by atoms with Crippen molar-refractivity contribution in [1.82, 2.24) is 24.6 Å². The summed E-state index contributed by atoms with van der Waals surface area (Å²) in [6, 6.07) is 10.3. The van der Waals surface area contributed by atoms with E-state index in [2.05, 4.69) is 35.6 Å². The molecule has 3 aromatic rings. The van der Waals surface area contributed by atoms with Crippen molar-refractivity contribution in [3.63, 3.8) is 0 Å². The van der Waals surface area contributed by atoms with Gasteiger partial charge in [-0.25, -0.2) is 9.37 Å². The number of piperidine rings is 1. The SMILES string of the molecule is Cc1cc(N2CCC(c3nnc4n3-c3ccc(Cl)cc3CN(C3(C#N)CC3)C4)CC2)ncc1F. The van der Waals surface area contributed by atoms with Crippen molar-refractivity contribution in [2.75, 3.05) is 18.0 Å². The van der Waals surface area contributed by atoms with Crippen LogP contribution in [-0.4, -0.2) is 43.3 Å². The van der Waals surface area contributed by atoms with E-state index >= 15 is 0 Å². The number of pyridine rings is 1. The third-order valence-electron chi connectivity index (χ3n) is 7.48. The first-order valence-electron chi connectivity index (χ1n) is 11.7. The van der Waals surface area contributed by atoms with Gasteiger partial charge in [0.25, 0.3) is 0 Å². The summed E-state index contributed by atoms with van der Waals surface area (Å²) in [7, 11) is 0. The molecule has 1 saturated heterocycles. The molecule has 0 N–H and O–H groups in total. The first-order chi connectivity index (χ1) is 16.5. The summed E-state index contributed by atoms with van der Waals surface area (Å²) in [6.45, 7) is 4.67. The Morgan fingerprint density at radius 3 is 2.65 bits per heavy atom. The molecule has 0 atom stereocenters. The van der Waals surface area contributed by atoms with E-state index in [1.54, 1.807) is 6.92 Å². The Morgan fingerprint density at radius 2 is 1.94 bits per heavy atom. The number of nitrogens with zero attached hydrogens (tertiary/aromatic N) is 7. The van der Waals surface area contributed by atoms with E-state index in [0.29, 0.717) is 23.7 Å². The number of hydrogen-bond acceptors (Lipinski definition) is 6. The monoisotopic (exact) mass is 477 g/mol. The minimum atomic E-state index is -0.410. The molecule has 1 aromatic carbocycles. The maximum Gasteiger partial charge on any atom is 0.151 e. The summed E-state index contributed by atoms with van der Waals surface area (Å²) in [5, 5.41) is 19.8. The fourth-order valence-corrected chi connectivity index (χ4v) is 5.47. The van der Waals surface area contributed by atoms with Gasteiger partial charge in [0.1, 0.15) is 23.0 Å². The lowest BCUT2D eigenvalue weighted by molar-refractivity contribution is 0.197. The van der Waals surface area contributed by atoms with Crippen LogP contribution >= 0.6 is 11.6 Å². The Kier molecular flexibility index (Phi) is 5.08. The number of rotatable bonds is 3. The minimum absolute atomic E-state index is 0.250. The maximum absolute atomic E-state index is 13.7. The van der Waals surface area contributed by atoms with Crippen LogP contribution in [-0.2, 0) is 13.1 Å². The molecule has 2 aliphatic heterocycles. The number of aryl methyl sites for hydroxylation is 1. The zero-order valence-electron chi connectivity index (χ0n) is 19.0. The third-order valence-corrected chi connectivity index (χ3v) is 7.72. The topological polar surface area (TPSA) is 73.9 Å². The summed E-state index contributed by atoms with van der Waals surface area (Å²) in [5.74, 6) is 2.63. The van der Waals surface area contributed by atoms with Crippen LogP contribution in [0.2, 0.25) is 5.02 Å². The van der Waals surface area contributed by atoms with E-state index in [1.807, 2.05) is 24.3 Å². The van der Waals surface area contributed by atoms with Crippen molar-refractivity contribution >= 4 is 17.4 Å². The van der Waals surface area contributed by atoms with Crippen LogP contribution in [0.15, 0.2) is 30.5 Å². The van der Waals surface area contributed by atoms with Gasteiger partial charge in [-0.1, -0.05) is 11.6 Å². The predicted molar refractivity (Wildman–Crippen MR) is 126 cm³/mol. The van der Waals surface area contributed by atoms with Gasteiger partial charge in [-0.05, 0) is 68.0 Å². The molecule has 1 aliphatic carbocycles. The lowest BCUT2D eigenvalue weighted by Gasteiger charge is -2.32. The highest BCUT2D eigenvalue weighted by atomic mass is 35.5. The van der Waals surface area contributed by atoms with Gasteiger partial charge in [0.05, 0.1) is 24.5 Å². The molecule has 0 radical (unpaired) electrons. The number of halogens is 2. The van der Waals surface area contributed by atoms with Crippen molar-refractivity contribution < 1.29 is 4.39 Å². The predicted octanol–water partition coefficient (Wildman–Crippen LogP) is 4.52. The molecule has 0 bridgehead atoms. The van der Waals surface area contributed by atoms with Gasteiger partial charge in [0.15, 0.2) is 5.82 Å². The highest BCUT2D eigenvalue weighted by Crippen LogP contribution is 2.45. The first-order valence-corrected chi connectivity index (χ1v) is 12.1. The van der Waals surface area contributed by atoms with Gasteiger partial charge in [-0.3, -0.25) is 9.47 Å². The van der Waals surface area contributed by atoms with Crippen LogP contribution in [0.1, 0.15) is 54.4 Å². The number of hydrogen-bond donors (Lipinski definition) is 0. The lowest BCUT2D eigenvalue weighted by atomic mass is 9.95. The second kappa shape index (κ2) is 8.03. The lowest BCUT2D eigenvalue weighted by Crippen LogP contribution is -2.35. The molecule has 0 spiro atoms. The number of nitriles is 1. The number of fused-ring (bicyclic) bond motifs is 3. The molecule has 0 amide bonds. The summed E-state index contributed by atoms with van der Waals surface area (Å²) in [6.07, 6.45) is 4.89. The number of anilines is 1. The zero-order valence-corrected chi connectivity index (χ0v) is 19.8. The van der Waals surface area contributed by atoms with E-state index in [-0.39, 0.29) is 11.7 Å². The Balaban J connectivity index is 1.31. The molecule has 1 saturated carbocycles. The Morgan fingerprint density at radius 1 is 1.15 bits per heavy atom. The molecular formula is C25H25ClFN7. The minimum Gasteiger partial charge on any atom is -0.357 e. The summed E-state index contributed by atoms with van der Waals surface area (Å²) >= 11 is 6.37. The molecule has 174 valence electrons. The largest absolute Gasteiger partial charge is 0.357 e. The molecule has 9 heteroatoms. The Labute approximate surface area is 202 Å². The Bertz CT molecular complexity index is 1300. The zero-order chi connectivity index (χ0) is 23.4. The van der Waals surface area contributed by atoms with Gasteiger partial charge in [0.2, 0.25) is 0 Å². The van der Waals surface area contributed by atoms with E-state index in [0.717, 1.165) is 67.5 Å². The van der Waals surface area contributed by atoms with Gasteiger partial charge in [-0.15, -0.1) is 10.2 Å². The van der Waals surface area contributed by atoms with Crippen LogP contribution < -0.4 is 4.90 Å². The van der Waals surface area contributed by atoms with E-state index in [1.165, 1.54) is 6.20 Å². The van der Waals surface area contributed by atoms with E-state index < -0.39 is 5.54 Å². The third kappa shape index (κ3) is 3.55. The summed E-state index contributed by atoms with van der Waals surface area (Å²) in [5.41, 5.74) is 2.35. The fraction of sp³-hybridized carbons (Fsp3) is 0.440. The highest BCUT2D eigenvalue weighted by Gasteiger charge is 2.50. The molecule has 4 heterocycles. The molecule has 7 nitrogen and oxygen atoms in total. The van der Waals surface area contributed by atoms with Crippen molar-refractivity contribution in [3.05, 3.63) is 64.1 Å². The van der Waals surface area contributed by atoms with Gasteiger partial charge in [-0.2, -0.15) is 5.26 Å². The number of aromatic nitrogens is 4. The molecule has 6 rings (SSSR count). The van der Waals surface area contributed by atoms with Crippen LogP contribution in [0.3, 0.4) is 0 Å². The van der Waals surface area contributed by atoms with Crippen molar-refractivity contribution in [1.29, 1.82) is 5.26 Å². The van der Waals surface area contributed by atoms with E-state index in [4.69, 9.17) is 11.6 Å². The molecule has 2 aromatic heterocycles. The van der Waals surface area contributed by atoms with Crippen LogP contribution in [0.4, 0.5) is 10.2 Å². The quantitative estimate of drug-likeness (QED) is 0.552. The van der Waals surface area contributed by atoms with Crippen LogP contribution in [0, 0.1) is 24.1 Å². The Hall–Kier alpha value is -3.02. The van der Waals surface area contributed by atoms with Crippen LogP contribution in [0.25, 0.3) is 5.69 Å². The van der Waals surface area contributed by atoms with Crippen molar-refractivity contribution in [3.8, 4) is 11.8 Å². The molecular weight excluding hydrogens is 453 g/mol. The second-order valence-corrected chi connectivity index (χ2v) is 10.1. The van der Waals surface area contributed by atoms with E-state index in [9.17, 15) is 9.65 Å². The fourth-order valence-electron chi connectivity index (χ4n) is 5.27. The molecule has 3 aliphatic rings. The van der Waals surface area contributed by atoms with Crippen molar-refractivity contribution in [2.24, 2.45) is 0 Å².